The van der Waals surface area contributed by atoms with Crippen molar-refractivity contribution in [2.24, 2.45) is 11.5 Å². The van der Waals surface area contributed by atoms with Crippen molar-refractivity contribution in [3.8, 4) is 0 Å². The molecule has 10 heteroatoms. The van der Waals surface area contributed by atoms with Crippen LogP contribution in [0.1, 0.15) is 35.1 Å². The number of carbonyl (C=O) groups is 1. The Labute approximate surface area is 166 Å². The number of aryl methyl sites for hydroxylation is 1. The number of anilines is 1. The molecular formula is C19H24F3N5O2. The molecule has 1 amide bonds. The van der Waals surface area contributed by atoms with Crippen molar-refractivity contribution in [3.63, 3.8) is 0 Å². The first kappa shape index (κ1) is 22.4. The maximum Gasteiger partial charge on any atom is 0.292 e. The molecule has 1 aromatic heterocycles. The molecule has 0 unspecified atom stereocenters. The lowest BCUT2D eigenvalue weighted by Gasteiger charge is -2.37. The molecule has 1 aromatic carbocycles. The number of nitrogens with one attached hydrogen (secondary N) is 2. The van der Waals surface area contributed by atoms with Crippen LogP contribution in [0.15, 0.2) is 36.8 Å². The van der Waals surface area contributed by atoms with E-state index in [1.807, 2.05) is 0 Å². The van der Waals surface area contributed by atoms with Crippen molar-refractivity contribution in [1.29, 1.82) is 0 Å². The summed E-state index contributed by atoms with van der Waals surface area (Å²) in [6, 6.07) is 3.31. The third kappa shape index (κ3) is 4.77. The van der Waals surface area contributed by atoms with E-state index in [9.17, 15) is 18.0 Å². The van der Waals surface area contributed by atoms with Crippen molar-refractivity contribution >= 4 is 11.6 Å². The normalized spacial score (nSPS) is 13.7. The van der Waals surface area contributed by atoms with Gasteiger partial charge in [0.15, 0.2) is 0 Å². The van der Waals surface area contributed by atoms with E-state index in [-0.39, 0.29) is 30.1 Å². The van der Waals surface area contributed by atoms with Crippen LogP contribution in [0, 0.1) is 12.7 Å². The summed E-state index contributed by atoms with van der Waals surface area (Å²) < 4.78 is 49.1. The SMILES string of the molecule is C=C(N)COCC(F)(F)[C@@](N)(CC)c1cc(NC(=O)c2nc[nH]c2C)ccc1F. The molecule has 7 nitrogen and oxygen atoms in total. The highest BCUT2D eigenvalue weighted by Crippen LogP contribution is 2.40. The maximum atomic E-state index is 14.9. The van der Waals surface area contributed by atoms with Crippen LogP contribution in [0.25, 0.3) is 0 Å². The zero-order valence-electron chi connectivity index (χ0n) is 16.2. The summed E-state index contributed by atoms with van der Waals surface area (Å²) in [5.41, 5.74) is 9.29. The largest absolute Gasteiger partial charge is 0.401 e. The molecule has 29 heavy (non-hydrogen) atoms. The minimum Gasteiger partial charge on any atom is -0.401 e. The van der Waals surface area contributed by atoms with Crippen LogP contribution in [-0.4, -0.2) is 35.0 Å². The number of carbonyl (C=O) groups excluding carboxylic acids is 1. The number of benzene rings is 1. The number of nitrogens with two attached hydrogens (primary N) is 2. The molecule has 2 aromatic rings. The van der Waals surface area contributed by atoms with Crippen molar-refractivity contribution in [2.75, 3.05) is 18.5 Å². The molecule has 0 fully saturated rings. The number of hydrogen-bond donors (Lipinski definition) is 4. The lowest BCUT2D eigenvalue weighted by Crippen LogP contribution is -2.55. The van der Waals surface area contributed by atoms with Crippen LogP contribution in [0.3, 0.4) is 0 Å². The summed E-state index contributed by atoms with van der Waals surface area (Å²) in [4.78, 5) is 18.9. The molecule has 0 radical (unpaired) electrons. The predicted molar refractivity (Wildman–Crippen MR) is 103 cm³/mol. The number of hydrogen-bond acceptors (Lipinski definition) is 5. The van der Waals surface area contributed by atoms with E-state index >= 15 is 0 Å². The number of imidazole rings is 1. The van der Waals surface area contributed by atoms with Gasteiger partial charge in [-0.2, -0.15) is 0 Å². The highest BCUT2D eigenvalue weighted by molar-refractivity contribution is 6.03. The molecule has 0 spiro atoms. The van der Waals surface area contributed by atoms with Crippen molar-refractivity contribution in [3.05, 3.63) is 59.6 Å². The number of aromatic amines is 1. The number of H-pyrrole nitrogens is 1. The van der Waals surface area contributed by atoms with Crippen molar-refractivity contribution in [1.82, 2.24) is 9.97 Å². The number of halogens is 3. The molecular weight excluding hydrogens is 387 g/mol. The Morgan fingerprint density at radius 1 is 1.41 bits per heavy atom. The van der Waals surface area contributed by atoms with Gasteiger partial charge in [-0.15, -0.1) is 0 Å². The van der Waals surface area contributed by atoms with Gasteiger partial charge in [-0.25, -0.2) is 18.2 Å². The fraction of sp³-hybridized carbons (Fsp3) is 0.368. The van der Waals surface area contributed by atoms with E-state index in [4.69, 9.17) is 16.2 Å². The van der Waals surface area contributed by atoms with Gasteiger partial charge in [0.1, 0.15) is 23.7 Å². The number of alkyl halides is 2. The molecule has 0 bridgehead atoms. The van der Waals surface area contributed by atoms with Crippen LogP contribution in [0.2, 0.25) is 0 Å². The van der Waals surface area contributed by atoms with Gasteiger partial charge in [0, 0.05) is 22.6 Å². The summed E-state index contributed by atoms with van der Waals surface area (Å²) >= 11 is 0. The second-order valence-electron chi connectivity index (χ2n) is 6.71. The number of nitrogens with zero attached hydrogens (tertiary/aromatic N) is 1. The van der Waals surface area contributed by atoms with Gasteiger partial charge in [0.2, 0.25) is 0 Å². The molecule has 0 aliphatic rings. The first-order valence-corrected chi connectivity index (χ1v) is 8.81. The highest BCUT2D eigenvalue weighted by atomic mass is 19.3. The van der Waals surface area contributed by atoms with E-state index < -0.39 is 35.4 Å². The topological polar surface area (TPSA) is 119 Å². The first-order chi connectivity index (χ1) is 13.5. The zero-order valence-corrected chi connectivity index (χ0v) is 16.2. The molecule has 6 N–H and O–H groups in total. The third-order valence-corrected chi connectivity index (χ3v) is 4.53. The fourth-order valence-corrected chi connectivity index (χ4v) is 2.81. The molecule has 1 heterocycles. The average Bonchev–Trinajstić information content (AvgIpc) is 3.08. The Hall–Kier alpha value is -2.85. The second-order valence-corrected chi connectivity index (χ2v) is 6.71. The third-order valence-electron chi connectivity index (χ3n) is 4.53. The molecule has 0 aliphatic heterocycles. The van der Waals surface area contributed by atoms with Gasteiger partial charge in [-0.3, -0.25) is 4.79 Å². The quantitative estimate of drug-likeness (QED) is 0.506. The summed E-state index contributed by atoms with van der Waals surface area (Å²) in [5, 5.41) is 2.51. The van der Waals surface area contributed by atoms with E-state index in [1.54, 1.807) is 6.92 Å². The first-order valence-electron chi connectivity index (χ1n) is 8.81. The number of amides is 1. The second kappa shape index (κ2) is 8.66. The molecule has 0 saturated carbocycles. The molecule has 158 valence electrons. The van der Waals surface area contributed by atoms with Crippen molar-refractivity contribution < 1.29 is 22.7 Å². The van der Waals surface area contributed by atoms with Crippen LogP contribution >= 0.6 is 0 Å². The van der Waals surface area contributed by atoms with Gasteiger partial charge in [-0.05, 0) is 31.5 Å². The van der Waals surface area contributed by atoms with Crippen LogP contribution in [0.4, 0.5) is 18.9 Å². The lowest BCUT2D eigenvalue weighted by atomic mass is 9.81. The Bertz CT molecular complexity index is 900. The van der Waals surface area contributed by atoms with E-state index in [2.05, 4.69) is 21.9 Å². The number of aromatic nitrogens is 2. The van der Waals surface area contributed by atoms with Gasteiger partial charge >= 0.3 is 0 Å². The van der Waals surface area contributed by atoms with E-state index in [1.165, 1.54) is 19.3 Å². The summed E-state index contributed by atoms with van der Waals surface area (Å²) in [5.74, 6) is -5.12. The van der Waals surface area contributed by atoms with Crippen LogP contribution in [-0.2, 0) is 10.3 Å². The molecule has 0 saturated heterocycles. The van der Waals surface area contributed by atoms with Gasteiger partial charge < -0.3 is 26.5 Å². The summed E-state index contributed by atoms with van der Waals surface area (Å²) in [6.07, 6.45) is 1.05. The molecule has 0 aliphatic carbocycles. The summed E-state index contributed by atoms with van der Waals surface area (Å²) in [6.45, 7) is 5.07. The Kier molecular flexibility index (Phi) is 6.70. The summed E-state index contributed by atoms with van der Waals surface area (Å²) in [7, 11) is 0. The average molecular weight is 411 g/mol. The van der Waals surface area contributed by atoms with Crippen molar-refractivity contribution in [2.45, 2.75) is 31.7 Å². The van der Waals surface area contributed by atoms with E-state index in [0.717, 1.165) is 12.1 Å². The van der Waals surface area contributed by atoms with Crippen LogP contribution < -0.4 is 16.8 Å². The molecule has 2 rings (SSSR count). The number of ether oxygens (including phenoxy) is 1. The highest BCUT2D eigenvalue weighted by Gasteiger charge is 2.52. The fourth-order valence-electron chi connectivity index (χ4n) is 2.81. The Morgan fingerprint density at radius 2 is 2.10 bits per heavy atom. The zero-order chi connectivity index (χ0) is 21.8. The standard InChI is InChI=1S/C19H24F3N5O2/c1-4-18(24,19(21,22)9-29-8-11(2)23)14-7-13(5-6-15(14)20)27-17(28)16-12(3)25-10-26-16/h5-7,10H,2,4,8-9,23-24H2,1,3H3,(H,25,26)(H,27,28)/t18-/m1/s1. The lowest BCUT2D eigenvalue weighted by molar-refractivity contribution is -0.131. The Balaban J connectivity index is 2.33. The number of rotatable bonds is 9. The monoisotopic (exact) mass is 411 g/mol. The Morgan fingerprint density at radius 3 is 2.66 bits per heavy atom. The van der Waals surface area contributed by atoms with Crippen LogP contribution in [0.5, 0.6) is 0 Å². The minimum atomic E-state index is -3.63. The molecule has 1 atom stereocenters. The predicted octanol–water partition coefficient (Wildman–Crippen LogP) is 2.80. The minimum absolute atomic E-state index is 0.0736. The maximum absolute atomic E-state index is 14.9. The van der Waals surface area contributed by atoms with Gasteiger partial charge in [0.05, 0.1) is 12.9 Å². The van der Waals surface area contributed by atoms with Gasteiger partial charge in [0.25, 0.3) is 11.8 Å². The smallest absolute Gasteiger partial charge is 0.292 e. The van der Waals surface area contributed by atoms with Gasteiger partial charge in [-0.1, -0.05) is 13.5 Å². The van der Waals surface area contributed by atoms with E-state index in [0.29, 0.717) is 5.69 Å².